The highest BCUT2D eigenvalue weighted by molar-refractivity contribution is 5.95. The fourth-order valence-electron chi connectivity index (χ4n) is 2.69. The van der Waals surface area contributed by atoms with E-state index in [1.54, 1.807) is 42.5 Å². The van der Waals surface area contributed by atoms with Gasteiger partial charge in [-0.15, -0.1) is 0 Å². The van der Waals surface area contributed by atoms with E-state index < -0.39 is 5.97 Å². The minimum atomic E-state index is -0.421. The minimum Gasteiger partial charge on any atom is -0.465 e. The van der Waals surface area contributed by atoms with Crippen molar-refractivity contribution in [1.29, 1.82) is 0 Å². The molecule has 0 aliphatic rings. The Balaban J connectivity index is 1.48. The highest BCUT2D eigenvalue weighted by Crippen LogP contribution is 2.22. The average molecular weight is 390 g/mol. The SMILES string of the molecule is COC(=O)c1ccccc1NCCC(=O)Nc1ccc(Oc2ccccc2)cc1. The van der Waals surface area contributed by atoms with Crippen molar-refractivity contribution in [1.82, 2.24) is 0 Å². The summed E-state index contributed by atoms with van der Waals surface area (Å²) in [6.45, 7) is 0.384. The van der Waals surface area contributed by atoms with Crippen LogP contribution in [0.25, 0.3) is 0 Å². The van der Waals surface area contributed by atoms with Crippen molar-refractivity contribution in [3.63, 3.8) is 0 Å². The molecule has 0 saturated carbocycles. The molecule has 2 N–H and O–H groups in total. The Bertz CT molecular complexity index is 956. The number of carbonyl (C=O) groups is 2. The molecule has 0 radical (unpaired) electrons. The topological polar surface area (TPSA) is 76.7 Å². The first-order chi connectivity index (χ1) is 14.2. The summed E-state index contributed by atoms with van der Waals surface area (Å²) in [5.41, 5.74) is 1.75. The number of methoxy groups -OCH3 is 1. The Morgan fingerprint density at radius 1 is 0.828 bits per heavy atom. The number of ether oxygens (including phenoxy) is 2. The van der Waals surface area contributed by atoms with Gasteiger partial charge in [-0.3, -0.25) is 4.79 Å². The standard InChI is InChI=1S/C23H22N2O4/c1-28-23(27)20-9-5-6-10-21(20)24-16-15-22(26)25-17-11-13-19(14-12-17)29-18-7-3-2-4-8-18/h2-14,24H,15-16H2,1H3,(H,25,26). The van der Waals surface area contributed by atoms with Crippen molar-refractivity contribution in [3.8, 4) is 11.5 Å². The summed E-state index contributed by atoms with van der Waals surface area (Å²) >= 11 is 0. The molecule has 29 heavy (non-hydrogen) atoms. The number of anilines is 2. The third-order valence-corrected chi connectivity index (χ3v) is 4.12. The van der Waals surface area contributed by atoms with Gasteiger partial charge in [0.25, 0.3) is 0 Å². The molecule has 0 bridgehead atoms. The maximum atomic E-state index is 12.2. The van der Waals surface area contributed by atoms with Crippen molar-refractivity contribution in [2.24, 2.45) is 0 Å². The lowest BCUT2D eigenvalue weighted by Gasteiger charge is -2.11. The van der Waals surface area contributed by atoms with E-state index in [0.29, 0.717) is 29.2 Å². The molecule has 0 aliphatic heterocycles. The first kappa shape index (κ1) is 19.9. The lowest BCUT2D eigenvalue weighted by molar-refractivity contribution is -0.115. The average Bonchev–Trinajstić information content (AvgIpc) is 2.75. The predicted molar refractivity (Wildman–Crippen MR) is 112 cm³/mol. The summed E-state index contributed by atoms with van der Waals surface area (Å²) in [5, 5.41) is 5.94. The summed E-state index contributed by atoms with van der Waals surface area (Å²) in [7, 11) is 1.34. The van der Waals surface area contributed by atoms with E-state index in [1.165, 1.54) is 7.11 Å². The van der Waals surface area contributed by atoms with E-state index in [1.807, 2.05) is 36.4 Å². The molecule has 0 spiro atoms. The van der Waals surface area contributed by atoms with Gasteiger partial charge in [0, 0.05) is 24.3 Å². The van der Waals surface area contributed by atoms with E-state index in [4.69, 9.17) is 9.47 Å². The van der Waals surface area contributed by atoms with Crippen LogP contribution in [0.5, 0.6) is 11.5 Å². The highest BCUT2D eigenvalue weighted by Gasteiger charge is 2.11. The first-order valence-corrected chi connectivity index (χ1v) is 9.20. The number of esters is 1. The summed E-state index contributed by atoms with van der Waals surface area (Å²) in [6, 6.07) is 23.7. The highest BCUT2D eigenvalue weighted by atomic mass is 16.5. The van der Waals surface area contributed by atoms with Gasteiger partial charge < -0.3 is 20.1 Å². The van der Waals surface area contributed by atoms with Crippen LogP contribution < -0.4 is 15.4 Å². The molecule has 3 aromatic carbocycles. The summed E-state index contributed by atoms with van der Waals surface area (Å²) in [4.78, 5) is 23.9. The van der Waals surface area contributed by atoms with Crippen molar-refractivity contribution in [3.05, 3.63) is 84.4 Å². The Morgan fingerprint density at radius 2 is 1.48 bits per heavy atom. The zero-order valence-corrected chi connectivity index (χ0v) is 16.1. The Labute approximate surface area is 169 Å². The van der Waals surface area contributed by atoms with Crippen LogP contribution >= 0.6 is 0 Å². The first-order valence-electron chi connectivity index (χ1n) is 9.20. The predicted octanol–water partition coefficient (Wildman–Crippen LogP) is 4.71. The molecule has 0 aliphatic carbocycles. The van der Waals surface area contributed by atoms with Gasteiger partial charge in [0.2, 0.25) is 5.91 Å². The zero-order chi connectivity index (χ0) is 20.5. The molecule has 6 heteroatoms. The molecular weight excluding hydrogens is 368 g/mol. The number of rotatable bonds is 8. The zero-order valence-electron chi connectivity index (χ0n) is 16.1. The van der Waals surface area contributed by atoms with E-state index in [0.717, 1.165) is 5.75 Å². The van der Waals surface area contributed by atoms with Crippen LogP contribution in [0.1, 0.15) is 16.8 Å². The molecule has 0 atom stereocenters. The lowest BCUT2D eigenvalue weighted by Crippen LogP contribution is -2.17. The number of carbonyl (C=O) groups excluding carboxylic acids is 2. The number of hydrogen-bond acceptors (Lipinski definition) is 5. The fourth-order valence-corrected chi connectivity index (χ4v) is 2.69. The van der Waals surface area contributed by atoms with Gasteiger partial charge in [0.1, 0.15) is 11.5 Å². The number of para-hydroxylation sites is 2. The molecule has 0 unspecified atom stereocenters. The maximum Gasteiger partial charge on any atom is 0.339 e. The van der Waals surface area contributed by atoms with E-state index >= 15 is 0 Å². The molecule has 1 amide bonds. The summed E-state index contributed by atoms with van der Waals surface area (Å²) < 4.78 is 10.5. The van der Waals surface area contributed by atoms with Crippen LogP contribution in [0, 0.1) is 0 Å². The number of nitrogens with one attached hydrogen (secondary N) is 2. The molecule has 0 fully saturated rings. The van der Waals surface area contributed by atoms with Crippen LogP contribution in [0.3, 0.4) is 0 Å². The van der Waals surface area contributed by atoms with E-state index in [2.05, 4.69) is 10.6 Å². The second-order valence-corrected chi connectivity index (χ2v) is 6.20. The second kappa shape index (κ2) is 9.94. The van der Waals surface area contributed by atoms with Crippen LogP contribution in [0.15, 0.2) is 78.9 Å². The molecule has 0 saturated heterocycles. The Morgan fingerprint density at radius 3 is 2.21 bits per heavy atom. The third kappa shape index (κ3) is 5.84. The van der Waals surface area contributed by atoms with E-state index in [9.17, 15) is 9.59 Å². The maximum absolute atomic E-state index is 12.2. The van der Waals surface area contributed by atoms with Gasteiger partial charge in [-0.1, -0.05) is 30.3 Å². The molecule has 0 heterocycles. The summed E-state index contributed by atoms with van der Waals surface area (Å²) in [5.74, 6) is 0.887. The Kier molecular flexibility index (Phi) is 6.84. The molecule has 6 nitrogen and oxygen atoms in total. The third-order valence-electron chi connectivity index (χ3n) is 4.12. The molecule has 0 aromatic heterocycles. The van der Waals surface area contributed by atoms with Gasteiger partial charge in [-0.05, 0) is 48.5 Å². The van der Waals surface area contributed by atoms with Crippen molar-refractivity contribution < 1.29 is 19.1 Å². The molecular formula is C23H22N2O4. The van der Waals surface area contributed by atoms with Gasteiger partial charge >= 0.3 is 5.97 Å². The van der Waals surface area contributed by atoms with Crippen LogP contribution in [-0.4, -0.2) is 25.5 Å². The van der Waals surface area contributed by atoms with Crippen molar-refractivity contribution >= 4 is 23.3 Å². The smallest absolute Gasteiger partial charge is 0.339 e. The van der Waals surface area contributed by atoms with Gasteiger partial charge in [0.05, 0.1) is 12.7 Å². The summed E-state index contributed by atoms with van der Waals surface area (Å²) in [6.07, 6.45) is 0.248. The monoisotopic (exact) mass is 390 g/mol. The number of benzene rings is 3. The van der Waals surface area contributed by atoms with Crippen LogP contribution in [0.4, 0.5) is 11.4 Å². The fraction of sp³-hybridized carbons (Fsp3) is 0.130. The van der Waals surface area contributed by atoms with E-state index in [-0.39, 0.29) is 12.3 Å². The van der Waals surface area contributed by atoms with Crippen molar-refractivity contribution in [2.75, 3.05) is 24.3 Å². The quantitative estimate of drug-likeness (QED) is 0.545. The van der Waals surface area contributed by atoms with Crippen molar-refractivity contribution in [2.45, 2.75) is 6.42 Å². The van der Waals surface area contributed by atoms with Gasteiger partial charge in [0.15, 0.2) is 0 Å². The molecule has 3 rings (SSSR count). The minimum absolute atomic E-state index is 0.134. The molecule has 148 valence electrons. The second-order valence-electron chi connectivity index (χ2n) is 6.20. The number of hydrogen-bond donors (Lipinski definition) is 2. The number of amides is 1. The van der Waals surface area contributed by atoms with Gasteiger partial charge in [-0.2, -0.15) is 0 Å². The Hall–Kier alpha value is -3.80. The lowest BCUT2D eigenvalue weighted by atomic mass is 10.2. The largest absolute Gasteiger partial charge is 0.465 e. The van der Waals surface area contributed by atoms with Crippen LogP contribution in [0.2, 0.25) is 0 Å². The van der Waals surface area contributed by atoms with Crippen LogP contribution in [-0.2, 0) is 9.53 Å². The molecule has 3 aromatic rings. The van der Waals surface area contributed by atoms with Gasteiger partial charge in [-0.25, -0.2) is 4.79 Å². The normalized spacial score (nSPS) is 10.1.